The molecule has 0 aliphatic carbocycles. The Hall–Kier alpha value is -0.0800. The lowest BCUT2D eigenvalue weighted by Crippen LogP contribution is -2.30. The van der Waals surface area contributed by atoms with Crippen molar-refractivity contribution >= 4 is 0 Å². The Morgan fingerprint density at radius 1 is 1.27 bits per heavy atom. The molecule has 0 saturated carbocycles. The summed E-state index contributed by atoms with van der Waals surface area (Å²) in [4.78, 5) is 0. The van der Waals surface area contributed by atoms with Gasteiger partial charge in [0.1, 0.15) is 0 Å². The van der Waals surface area contributed by atoms with E-state index in [9.17, 15) is 0 Å². The smallest absolute Gasteiger partial charge is 0.0602 e. The fraction of sp³-hybridized carbons (Fsp3) is 1.00. The van der Waals surface area contributed by atoms with Crippen molar-refractivity contribution in [3.8, 4) is 0 Å². The lowest BCUT2D eigenvalue weighted by Gasteiger charge is -2.25. The fourth-order valence-electron chi connectivity index (χ4n) is 1.18. The van der Waals surface area contributed by atoms with Gasteiger partial charge in [-0.15, -0.1) is 0 Å². The van der Waals surface area contributed by atoms with Crippen LogP contribution in [0.4, 0.5) is 0 Å². The van der Waals surface area contributed by atoms with E-state index in [4.69, 9.17) is 10.5 Å². The second-order valence-electron chi connectivity index (χ2n) is 4.25. The number of nitrogens with two attached hydrogens (primary N) is 1. The van der Waals surface area contributed by atoms with Crippen molar-refractivity contribution in [3.63, 3.8) is 0 Å². The second-order valence-corrected chi connectivity index (χ2v) is 4.25. The van der Waals surface area contributed by atoms with E-state index in [0.717, 1.165) is 6.42 Å². The monoisotopic (exact) mass is 159 g/mol. The van der Waals surface area contributed by atoms with Crippen LogP contribution in [0, 0.1) is 0 Å². The first-order valence-electron chi connectivity index (χ1n) is 4.24. The normalized spacial score (nSPS) is 18.0. The highest BCUT2D eigenvalue weighted by atomic mass is 16.5. The molecule has 0 spiro atoms. The SMILES string of the molecule is CC(N)CC(C)OC(C)(C)C. The van der Waals surface area contributed by atoms with Gasteiger partial charge in [-0.1, -0.05) is 0 Å². The molecular formula is C9H21NO. The number of ether oxygens (including phenoxy) is 1. The van der Waals surface area contributed by atoms with Crippen LogP contribution >= 0.6 is 0 Å². The Morgan fingerprint density at radius 3 is 2.00 bits per heavy atom. The van der Waals surface area contributed by atoms with Gasteiger partial charge in [-0.2, -0.15) is 0 Å². The molecule has 2 heteroatoms. The van der Waals surface area contributed by atoms with Crippen molar-refractivity contribution in [2.75, 3.05) is 0 Å². The summed E-state index contributed by atoms with van der Waals surface area (Å²) >= 11 is 0. The standard InChI is InChI=1S/C9H21NO/c1-7(10)6-8(2)11-9(3,4)5/h7-8H,6,10H2,1-5H3. The molecule has 2 unspecified atom stereocenters. The maximum atomic E-state index is 5.67. The van der Waals surface area contributed by atoms with E-state index >= 15 is 0 Å². The summed E-state index contributed by atoms with van der Waals surface area (Å²) in [6, 6.07) is 0.229. The Kier molecular flexibility index (Phi) is 4.04. The van der Waals surface area contributed by atoms with Gasteiger partial charge in [0.05, 0.1) is 11.7 Å². The Labute approximate surface area is 70.1 Å². The summed E-state index contributed by atoms with van der Waals surface area (Å²) in [5.74, 6) is 0. The Balaban J connectivity index is 3.61. The van der Waals surface area contributed by atoms with E-state index in [2.05, 4.69) is 27.7 Å². The maximum absolute atomic E-state index is 5.67. The topological polar surface area (TPSA) is 35.2 Å². The molecule has 68 valence electrons. The van der Waals surface area contributed by atoms with Crippen LogP contribution in [0.15, 0.2) is 0 Å². The number of hydrogen-bond acceptors (Lipinski definition) is 2. The minimum absolute atomic E-state index is 0.0473. The predicted octanol–water partition coefficient (Wildman–Crippen LogP) is 1.93. The van der Waals surface area contributed by atoms with Crippen molar-refractivity contribution in [1.82, 2.24) is 0 Å². The van der Waals surface area contributed by atoms with Gasteiger partial charge in [-0.3, -0.25) is 0 Å². The van der Waals surface area contributed by atoms with Gasteiger partial charge in [0, 0.05) is 6.04 Å². The molecule has 0 aromatic carbocycles. The molecule has 0 bridgehead atoms. The first kappa shape index (κ1) is 10.9. The third kappa shape index (κ3) is 7.82. The molecule has 0 radical (unpaired) electrons. The summed E-state index contributed by atoms with van der Waals surface area (Å²) in [5.41, 5.74) is 5.58. The zero-order valence-electron chi connectivity index (χ0n) is 8.35. The molecule has 2 nitrogen and oxygen atoms in total. The summed E-state index contributed by atoms with van der Waals surface area (Å²) in [7, 11) is 0. The van der Waals surface area contributed by atoms with Crippen LogP contribution < -0.4 is 5.73 Å². The summed E-state index contributed by atoms with van der Waals surface area (Å²) < 4.78 is 5.67. The highest BCUT2D eigenvalue weighted by Gasteiger charge is 2.15. The zero-order chi connectivity index (χ0) is 9.07. The van der Waals surface area contributed by atoms with Gasteiger partial charge in [0.2, 0.25) is 0 Å². The highest BCUT2D eigenvalue weighted by Crippen LogP contribution is 2.13. The van der Waals surface area contributed by atoms with Gasteiger partial charge >= 0.3 is 0 Å². The molecule has 2 atom stereocenters. The van der Waals surface area contributed by atoms with Gasteiger partial charge in [-0.25, -0.2) is 0 Å². The molecule has 0 saturated heterocycles. The summed E-state index contributed by atoms with van der Waals surface area (Å²) in [6.07, 6.45) is 1.19. The molecule has 0 aromatic heterocycles. The van der Waals surface area contributed by atoms with E-state index in [1.165, 1.54) is 0 Å². The predicted molar refractivity (Wildman–Crippen MR) is 48.6 cm³/mol. The van der Waals surface area contributed by atoms with Gasteiger partial charge in [0.25, 0.3) is 0 Å². The average molecular weight is 159 g/mol. The first-order chi connectivity index (χ1) is 4.81. The van der Waals surface area contributed by atoms with E-state index in [1.54, 1.807) is 0 Å². The fourth-order valence-corrected chi connectivity index (χ4v) is 1.18. The molecule has 0 fully saturated rings. The van der Waals surface area contributed by atoms with Crippen molar-refractivity contribution < 1.29 is 4.74 Å². The van der Waals surface area contributed by atoms with Crippen LogP contribution in [0.2, 0.25) is 0 Å². The van der Waals surface area contributed by atoms with E-state index in [1.807, 2.05) is 6.92 Å². The summed E-state index contributed by atoms with van der Waals surface area (Å²) in [5, 5.41) is 0. The van der Waals surface area contributed by atoms with Crippen molar-refractivity contribution in [1.29, 1.82) is 0 Å². The third-order valence-electron chi connectivity index (χ3n) is 1.26. The maximum Gasteiger partial charge on any atom is 0.0602 e. The van der Waals surface area contributed by atoms with Crippen molar-refractivity contribution in [3.05, 3.63) is 0 Å². The van der Waals surface area contributed by atoms with Crippen LogP contribution in [-0.2, 0) is 4.74 Å². The Morgan fingerprint density at radius 2 is 1.73 bits per heavy atom. The molecule has 0 aromatic rings. The summed E-state index contributed by atoms with van der Waals surface area (Å²) in [6.45, 7) is 10.2. The third-order valence-corrected chi connectivity index (χ3v) is 1.26. The zero-order valence-corrected chi connectivity index (χ0v) is 8.35. The van der Waals surface area contributed by atoms with Crippen LogP contribution in [0.1, 0.15) is 41.0 Å². The van der Waals surface area contributed by atoms with Crippen LogP contribution in [-0.4, -0.2) is 17.7 Å². The number of hydrogen-bond donors (Lipinski definition) is 1. The van der Waals surface area contributed by atoms with E-state index in [-0.39, 0.29) is 17.7 Å². The minimum Gasteiger partial charge on any atom is -0.373 e. The molecule has 11 heavy (non-hydrogen) atoms. The molecule has 0 aliphatic heterocycles. The quantitative estimate of drug-likeness (QED) is 0.683. The molecule has 2 N–H and O–H groups in total. The van der Waals surface area contributed by atoms with E-state index < -0.39 is 0 Å². The van der Waals surface area contributed by atoms with E-state index in [0.29, 0.717) is 0 Å². The van der Waals surface area contributed by atoms with Crippen molar-refractivity contribution in [2.24, 2.45) is 5.73 Å². The van der Waals surface area contributed by atoms with Crippen LogP contribution in [0.25, 0.3) is 0 Å². The van der Waals surface area contributed by atoms with Crippen LogP contribution in [0.5, 0.6) is 0 Å². The molecule has 0 heterocycles. The average Bonchev–Trinajstić information content (AvgIpc) is 1.53. The molecule has 0 amide bonds. The largest absolute Gasteiger partial charge is 0.373 e. The van der Waals surface area contributed by atoms with Gasteiger partial charge < -0.3 is 10.5 Å². The lowest BCUT2D eigenvalue weighted by molar-refractivity contribution is -0.0557. The second kappa shape index (κ2) is 4.07. The highest BCUT2D eigenvalue weighted by molar-refractivity contribution is 4.66. The molecule has 0 aliphatic rings. The minimum atomic E-state index is -0.0473. The first-order valence-corrected chi connectivity index (χ1v) is 4.24. The Bertz CT molecular complexity index is 105. The van der Waals surface area contributed by atoms with Gasteiger partial charge in [-0.05, 0) is 41.0 Å². The van der Waals surface area contributed by atoms with Gasteiger partial charge in [0.15, 0.2) is 0 Å². The van der Waals surface area contributed by atoms with Crippen LogP contribution in [0.3, 0.4) is 0 Å². The molecule has 0 rings (SSSR count). The molecular weight excluding hydrogens is 138 g/mol. The number of rotatable bonds is 3. The van der Waals surface area contributed by atoms with Crippen molar-refractivity contribution in [2.45, 2.75) is 58.8 Å². The lowest BCUT2D eigenvalue weighted by atomic mass is 10.1.